The molecule has 32 heavy (non-hydrogen) atoms. The Morgan fingerprint density at radius 1 is 1.06 bits per heavy atom. The van der Waals surface area contributed by atoms with Gasteiger partial charge in [-0.15, -0.1) is 11.8 Å². The van der Waals surface area contributed by atoms with E-state index in [0.717, 1.165) is 11.3 Å². The predicted molar refractivity (Wildman–Crippen MR) is 130 cm³/mol. The van der Waals surface area contributed by atoms with Crippen LogP contribution in [0.3, 0.4) is 0 Å². The number of nitrogens with zero attached hydrogens (tertiary/aromatic N) is 1. The van der Waals surface area contributed by atoms with Crippen molar-refractivity contribution < 1.29 is 14.3 Å². The first-order valence-corrected chi connectivity index (χ1v) is 11.7. The Kier molecular flexibility index (Phi) is 6.81. The molecule has 3 aromatic carbocycles. The van der Waals surface area contributed by atoms with E-state index >= 15 is 0 Å². The van der Waals surface area contributed by atoms with Gasteiger partial charge in [0.1, 0.15) is 11.1 Å². The van der Waals surface area contributed by atoms with Gasteiger partial charge in [-0.1, -0.05) is 56.3 Å². The molecule has 0 bridgehead atoms. The second kappa shape index (κ2) is 9.92. The summed E-state index contributed by atoms with van der Waals surface area (Å²) in [5.74, 6) is 1.37. The fourth-order valence-corrected chi connectivity index (χ4v) is 4.77. The van der Waals surface area contributed by atoms with E-state index in [9.17, 15) is 9.59 Å². The van der Waals surface area contributed by atoms with E-state index in [1.807, 2.05) is 71.6 Å². The second-order valence-corrected chi connectivity index (χ2v) is 9.02. The van der Waals surface area contributed by atoms with E-state index in [-0.39, 0.29) is 23.8 Å². The molecule has 6 heteroatoms. The van der Waals surface area contributed by atoms with E-state index in [0.29, 0.717) is 23.1 Å². The van der Waals surface area contributed by atoms with Gasteiger partial charge in [-0.3, -0.25) is 14.5 Å². The Bertz CT molecular complexity index is 1080. The zero-order valence-electron chi connectivity index (χ0n) is 18.2. The summed E-state index contributed by atoms with van der Waals surface area (Å²) in [5, 5.41) is 2.75. The lowest BCUT2D eigenvalue weighted by molar-refractivity contribution is -0.118. The number of thioether (sulfide) groups is 1. The van der Waals surface area contributed by atoms with Crippen molar-refractivity contribution in [3.8, 4) is 5.75 Å². The molecule has 1 aliphatic heterocycles. The largest absolute Gasteiger partial charge is 0.484 e. The standard InChI is InChI=1S/C26H26N2O3S/c1-18(2)19-11-13-22(14-12-19)28-25(30)17-32-26(28)20-7-6-8-21(15-20)27-24(29)16-31-23-9-4-3-5-10-23/h3-15,18,26H,16-17H2,1-2H3,(H,27,29)/t26-/m1/s1. The molecule has 0 spiro atoms. The van der Waals surface area contributed by atoms with E-state index in [4.69, 9.17) is 4.74 Å². The van der Waals surface area contributed by atoms with Gasteiger partial charge in [0.25, 0.3) is 5.91 Å². The third-order valence-electron chi connectivity index (χ3n) is 5.27. The van der Waals surface area contributed by atoms with Crippen molar-refractivity contribution in [1.82, 2.24) is 0 Å². The number of ether oxygens (including phenoxy) is 1. The van der Waals surface area contributed by atoms with Crippen LogP contribution < -0.4 is 15.0 Å². The molecule has 1 N–H and O–H groups in total. The number of hydrogen-bond donors (Lipinski definition) is 1. The van der Waals surface area contributed by atoms with E-state index < -0.39 is 0 Å². The van der Waals surface area contributed by atoms with Gasteiger partial charge >= 0.3 is 0 Å². The fraction of sp³-hybridized carbons (Fsp3) is 0.231. The Morgan fingerprint density at radius 2 is 1.81 bits per heavy atom. The molecule has 1 atom stereocenters. The number of nitrogens with one attached hydrogen (secondary N) is 1. The first-order chi connectivity index (χ1) is 15.5. The van der Waals surface area contributed by atoms with Crippen LogP contribution in [0.15, 0.2) is 78.9 Å². The highest BCUT2D eigenvalue weighted by Crippen LogP contribution is 2.42. The molecular weight excluding hydrogens is 420 g/mol. The molecule has 0 radical (unpaired) electrons. The first kappa shape index (κ1) is 22.0. The summed E-state index contributed by atoms with van der Waals surface area (Å²) in [5.41, 5.74) is 3.78. The second-order valence-electron chi connectivity index (χ2n) is 7.95. The average molecular weight is 447 g/mol. The lowest BCUT2D eigenvalue weighted by atomic mass is 10.0. The maximum absolute atomic E-state index is 12.7. The monoisotopic (exact) mass is 446 g/mol. The Morgan fingerprint density at radius 3 is 2.53 bits per heavy atom. The van der Waals surface area contributed by atoms with Crippen LogP contribution in [-0.2, 0) is 9.59 Å². The zero-order valence-corrected chi connectivity index (χ0v) is 19.0. The maximum Gasteiger partial charge on any atom is 0.262 e. The van der Waals surface area contributed by atoms with Gasteiger partial charge in [0.2, 0.25) is 5.91 Å². The smallest absolute Gasteiger partial charge is 0.262 e. The summed E-state index contributed by atoms with van der Waals surface area (Å²) in [7, 11) is 0. The van der Waals surface area contributed by atoms with Crippen LogP contribution >= 0.6 is 11.8 Å². The third-order valence-corrected chi connectivity index (χ3v) is 6.49. The lowest BCUT2D eigenvalue weighted by Gasteiger charge is -2.25. The van der Waals surface area contributed by atoms with Crippen molar-refractivity contribution in [3.05, 3.63) is 90.0 Å². The number of anilines is 2. The number of amides is 2. The fourth-order valence-electron chi connectivity index (χ4n) is 3.60. The normalized spacial score (nSPS) is 15.8. The van der Waals surface area contributed by atoms with Crippen molar-refractivity contribution in [2.24, 2.45) is 0 Å². The van der Waals surface area contributed by atoms with Crippen LogP contribution in [0.2, 0.25) is 0 Å². The van der Waals surface area contributed by atoms with E-state index in [2.05, 4.69) is 31.3 Å². The highest BCUT2D eigenvalue weighted by molar-refractivity contribution is 8.00. The quantitative estimate of drug-likeness (QED) is 0.513. The van der Waals surface area contributed by atoms with Gasteiger partial charge in [-0.25, -0.2) is 0 Å². The van der Waals surface area contributed by atoms with Crippen LogP contribution in [0.1, 0.15) is 36.3 Å². The van der Waals surface area contributed by atoms with Crippen molar-refractivity contribution in [2.75, 3.05) is 22.6 Å². The molecule has 1 aliphatic rings. The van der Waals surface area contributed by atoms with E-state index in [1.54, 1.807) is 11.8 Å². The van der Waals surface area contributed by atoms with Crippen LogP contribution in [0.5, 0.6) is 5.75 Å². The SMILES string of the molecule is CC(C)c1ccc(N2C(=O)CS[C@@H]2c2cccc(NC(=O)COc3ccccc3)c2)cc1. The van der Waals surface area contributed by atoms with Crippen LogP contribution in [-0.4, -0.2) is 24.2 Å². The van der Waals surface area contributed by atoms with Crippen LogP contribution in [0.4, 0.5) is 11.4 Å². The summed E-state index contributed by atoms with van der Waals surface area (Å²) in [4.78, 5) is 26.9. The number of para-hydroxylation sites is 1. The molecule has 4 rings (SSSR count). The molecule has 0 aliphatic carbocycles. The van der Waals surface area contributed by atoms with E-state index in [1.165, 1.54) is 5.56 Å². The van der Waals surface area contributed by atoms with Gasteiger partial charge in [0, 0.05) is 11.4 Å². The molecular formula is C26H26N2O3S. The van der Waals surface area contributed by atoms with Crippen molar-refractivity contribution in [2.45, 2.75) is 25.1 Å². The summed E-state index contributed by atoms with van der Waals surface area (Å²) >= 11 is 1.59. The van der Waals surface area contributed by atoms with Gasteiger partial charge in [0.05, 0.1) is 5.75 Å². The van der Waals surface area contributed by atoms with Crippen molar-refractivity contribution in [1.29, 1.82) is 0 Å². The summed E-state index contributed by atoms with van der Waals surface area (Å²) < 4.78 is 5.52. The molecule has 1 fully saturated rings. The Labute approximate surface area is 192 Å². The predicted octanol–water partition coefficient (Wildman–Crippen LogP) is 5.61. The molecule has 1 heterocycles. The Balaban J connectivity index is 1.46. The molecule has 2 amide bonds. The zero-order chi connectivity index (χ0) is 22.5. The first-order valence-electron chi connectivity index (χ1n) is 10.6. The average Bonchev–Trinajstić information content (AvgIpc) is 3.20. The highest BCUT2D eigenvalue weighted by atomic mass is 32.2. The lowest BCUT2D eigenvalue weighted by Crippen LogP contribution is -2.28. The summed E-state index contributed by atoms with van der Waals surface area (Å²) in [6.07, 6.45) is 0. The van der Waals surface area contributed by atoms with Crippen LogP contribution in [0.25, 0.3) is 0 Å². The highest BCUT2D eigenvalue weighted by Gasteiger charge is 2.34. The minimum absolute atomic E-state index is 0.0702. The van der Waals surface area contributed by atoms with Gasteiger partial charge in [-0.05, 0) is 53.4 Å². The summed E-state index contributed by atoms with van der Waals surface area (Å²) in [6, 6.07) is 25.1. The van der Waals surface area contributed by atoms with Gasteiger partial charge in [0.15, 0.2) is 6.61 Å². The van der Waals surface area contributed by atoms with Crippen molar-refractivity contribution in [3.63, 3.8) is 0 Å². The van der Waals surface area contributed by atoms with Gasteiger partial charge < -0.3 is 10.1 Å². The molecule has 1 saturated heterocycles. The Hall–Kier alpha value is -3.25. The minimum Gasteiger partial charge on any atom is -0.484 e. The molecule has 0 aromatic heterocycles. The molecule has 0 unspecified atom stereocenters. The van der Waals surface area contributed by atoms with Gasteiger partial charge in [-0.2, -0.15) is 0 Å². The number of carbonyl (C=O) groups excluding carboxylic acids is 2. The molecule has 3 aromatic rings. The summed E-state index contributed by atoms with van der Waals surface area (Å²) in [6.45, 7) is 4.23. The third kappa shape index (κ3) is 5.14. The number of carbonyl (C=O) groups is 2. The number of hydrogen-bond acceptors (Lipinski definition) is 4. The molecule has 164 valence electrons. The topological polar surface area (TPSA) is 58.6 Å². The van der Waals surface area contributed by atoms with Crippen LogP contribution in [0, 0.1) is 0 Å². The maximum atomic E-state index is 12.7. The minimum atomic E-state index is -0.234. The van der Waals surface area contributed by atoms with Crippen molar-refractivity contribution >= 4 is 35.0 Å². The number of benzene rings is 3. The molecule has 0 saturated carbocycles. The molecule has 5 nitrogen and oxygen atoms in total. The number of rotatable bonds is 7.